The Morgan fingerprint density at radius 2 is 1.95 bits per heavy atom. The van der Waals surface area contributed by atoms with Crippen molar-refractivity contribution in [1.29, 1.82) is 0 Å². The number of halogens is 1. The van der Waals surface area contributed by atoms with Crippen molar-refractivity contribution in [2.45, 2.75) is 46.1 Å². The number of benzene rings is 1. The van der Waals surface area contributed by atoms with E-state index in [4.69, 9.17) is 16.3 Å². The smallest absolute Gasteiger partial charge is 0.313 e. The highest BCUT2D eigenvalue weighted by Crippen LogP contribution is 2.65. The lowest BCUT2D eigenvalue weighted by molar-refractivity contribution is -0.165. The molecule has 1 saturated heterocycles. The molecule has 3 rings (SSSR count). The molecule has 1 aliphatic heterocycles. The fraction of sp³-hybridized carbons (Fsp3) is 0.529. The van der Waals surface area contributed by atoms with Crippen LogP contribution in [0, 0.1) is 17.8 Å². The van der Waals surface area contributed by atoms with Gasteiger partial charge in [-0.05, 0) is 44.4 Å². The summed E-state index contributed by atoms with van der Waals surface area (Å²) in [7, 11) is 0. The number of esters is 1. The molecule has 118 valence electrons. The van der Waals surface area contributed by atoms with Gasteiger partial charge in [0, 0.05) is 16.1 Å². The van der Waals surface area contributed by atoms with E-state index in [1.54, 1.807) is 12.1 Å². The van der Waals surface area contributed by atoms with Crippen LogP contribution in [0.5, 0.6) is 0 Å². The predicted octanol–water partition coefficient (Wildman–Crippen LogP) is 3.71. The molecule has 1 N–H and O–H groups in total. The third-order valence-corrected chi connectivity index (χ3v) is 6.29. The second kappa shape index (κ2) is 4.48. The quantitative estimate of drug-likeness (QED) is 0.845. The van der Waals surface area contributed by atoms with Gasteiger partial charge in [0.1, 0.15) is 0 Å². The van der Waals surface area contributed by atoms with Crippen LogP contribution in [0.3, 0.4) is 0 Å². The van der Waals surface area contributed by atoms with Gasteiger partial charge in [0.15, 0.2) is 5.60 Å². The molecule has 1 heterocycles. The number of carbonyl (C=O) groups excluding carboxylic acids is 2. The van der Waals surface area contributed by atoms with Crippen LogP contribution in [0.25, 0.3) is 0 Å². The van der Waals surface area contributed by atoms with Crippen molar-refractivity contribution < 1.29 is 14.3 Å². The molecule has 1 saturated carbocycles. The predicted molar refractivity (Wildman–Crippen MR) is 84.8 cm³/mol. The summed E-state index contributed by atoms with van der Waals surface area (Å²) < 4.78 is 5.57. The normalized spacial score (nSPS) is 32.0. The maximum Gasteiger partial charge on any atom is 0.313 e. The molecule has 0 radical (unpaired) electrons. The number of carbonyl (C=O) groups is 2. The highest BCUT2D eigenvalue weighted by molar-refractivity contribution is 6.31. The Balaban J connectivity index is 1.92. The van der Waals surface area contributed by atoms with E-state index in [0.29, 0.717) is 23.6 Å². The van der Waals surface area contributed by atoms with E-state index in [1.807, 2.05) is 33.8 Å². The fourth-order valence-corrected chi connectivity index (χ4v) is 3.83. The first-order chi connectivity index (χ1) is 10.1. The van der Waals surface area contributed by atoms with Crippen LogP contribution in [0.4, 0.5) is 5.69 Å². The minimum Gasteiger partial charge on any atom is -0.448 e. The van der Waals surface area contributed by atoms with Crippen molar-refractivity contribution in [3.63, 3.8) is 0 Å². The van der Waals surface area contributed by atoms with Crippen molar-refractivity contribution in [1.82, 2.24) is 0 Å². The maximum absolute atomic E-state index is 12.9. The number of hydrogen-bond acceptors (Lipinski definition) is 3. The average molecular weight is 322 g/mol. The van der Waals surface area contributed by atoms with Crippen LogP contribution in [0.1, 0.15) is 39.2 Å². The van der Waals surface area contributed by atoms with E-state index in [2.05, 4.69) is 5.32 Å². The van der Waals surface area contributed by atoms with Gasteiger partial charge in [-0.3, -0.25) is 9.59 Å². The first kappa shape index (κ1) is 15.3. The molecule has 0 unspecified atom stereocenters. The third-order valence-electron chi connectivity index (χ3n) is 5.88. The van der Waals surface area contributed by atoms with Crippen molar-refractivity contribution in [2.75, 3.05) is 5.32 Å². The molecule has 1 amide bonds. The Morgan fingerprint density at radius 1 is 1.27 bits per heavy atom. The second-order valence-electron chi connectivity index (χ2n) is 7.09. The molecule has 2 bridgehead atoms. The van der Waals surface area contributed by atoms with E-state index in [0.717, 1.165) is 5.56 Å². The fourth-order valence-electron chi connectivity index (χ4n) is 3.65. The molecule has 4 nitrogen and oxygen atoms in total. The standard InChI is InChI=1S/C17H20ClNO3/c1-10-5-6-11(9-12(10)18)19-13(20)17-8-7-16(4,14(21)22-17)15(17,2)3/h5-6,9H,7-8H2,1-4H3,(H,19,20)/t16-,17+/m1/s1. The largest absolute Gasteiger partial charge is 0.448 e. The van der Waals surface area contributed by atoms with Crippen LogP contribution in [-0.2, 0) is 14.3 Å². The Hall–Kier alpha value is -1.55. The zero-order chi connectivity index (χ0) is 16.3. The SMILES string of the molecule is Cc1ccc(NC(=O)[C@]23CC[C@](C)(C(=O)O2)C3(C)C)cc1Cl. The zero-order valence-electron chi connectivity index (χ0n) is 13.2. The molecule has 2 aliphatic rings. The van der Waals surface area contributed by atoms with Gasteiger partial charge in [0.2, 0.25) is 0 Å². The molecule has 2 atom stereocenters. The van der Waals surface area contributed by atoms with Gasteiger partial charge >= 0.3 is 5.97 Å². The average Bonchev–Trinajstić information content (AvgIpc) is 2.73. The lowest BCUT2D eigenvalue weighted by atomic mass is 9.66. The summed E-state index contributed by atoms with van der Waals surface area (Å²) in [5, 5.41) is 3.46. The van der Waals surface area contributed by atoms with E-state index >= 15 is 0 Å². The van der Waals surface area contributed by atoms with Crippen molar-refractivity contribution in [3.05, 3.63) is 28.8 Å². The van der Waals surface area contributed by atoms with Gasteiger partial charge in [-0.25, -0.2) is 0 Å². The minimum absolute atomic E-state index is 0.271. The number of aryl methyl sites for hydroxylation is 1. The van der Waals surface area contributed by atoms with Crippen LogP contribution >= 0.6 is 11.6 Å². The Morgan fingerprint density at radius 3 is 2.45 bits per heavy atom. The van der Waals surface area contributed by atoms with E-state index in [1.165, 1.54) is 0 Å². The minimum atomic E-state index is -1.10. The molecule has 5 heteroatoms. The molecular weight excluding hydrogens is 302 g/mol. The number of anilines is 1. The summed E-state index contributed by atoms with van der Waals surface area (Å²) in [6.07, 6.45) is 1.22. The van der Waals surface area contributed by atoms with Crippen molar-refractivity contribution >= 4 is 29.2 Å². The number of ether oxygens (including phenoxy) is 1. The van der Waals surface area contributed by atoms with E-state index in [9.17, 15) is 9.59 Å². The Labute approximate surface area is 135 Å². The van der Waals surface area contributed by atoms with Crippen molar-refractivity contribution in [2.24, 2.45) is 10.8 Å². The van der Waals surface area contributed by atoms with Gasteiger partial charge in [0.05, 0.1) is 5.41 Å². The topological polar surface area (TPSA) is 55.4 Å². The summed E-state index contributed by atoms with van der Waals surface area (Å²) in [4.78, 5) is 25.1. The Bertz CT molecular complexity index is 684. The second-order valence-corrected chi connectivity index (χ2v) is 7.50. The number of fused-ring (bicyclic) bond motifs is 2. The number of rotatable bonds is 2. The molecule has 1 aromatic rings. The zero-order valence-corrected chi connectivity index (χ0v) is 14.0. The Kier molecular flexibility index (Phi) is 3.12. The lowest BCUT2D eigenvalue weighted by Gasteiger charge is -2.35. The highest BCUT2D eigenvalue weighted by Gasteiger charge is 2.75. The van der Waals surface area contributed by atoms with Crippen LogP contribution in [0.2, 0.25) is 5.02 Å². The summed E-state index contributed by atoms with van der Waals surface area (Å²) >= 11 is 6.10. The van der Waals surface area contributed by atoms with Crippen LogP contribution in [-0.4, -0.2) is 17.5 Å². The highest BCUT2D eigenvalue weighted by atomic mass is 35.5. The summed E-state index contributed by atoms with van der Waals surface area (Å²) in [6.45, 7) is 7.66. The van der Waals surface area contributed by atoms with Crippen LogP contribution in [0.15, 0.2) is 18.2 Å². The monoisotopic (exact) mass is 321 g/mol. The van der Waals surface area contributed by atoms with E-state index < -0.39 is 16.4 Å². The lowest BCUT2D eigenvalue weighted by Crippen LogP contribution is -2.50. The molecule has 2 fully saturated rings. The van der Waals surface area contributed by atoms with Gasteiger partial charge in [-0.1, -0.05) is 31.5 Å². The number of hydrogen-bond donors (Lipinski definition) is 1. The first-order valence-electron chi connectivity index (χ1n) is 7.45. The van der Waals surface area contributed by atoms with Gasteiger partial charge in [0.25, 0.3) is 5.91 Å². The molecule has 1 aromatic carbocycles. The van der Waals surface area contributed by atoms with Gasteiger partial charge in [-0.15, -0.1) is 0 Å². The summed E-state index contributed by atoms with van der Waals surface area (Å²) in [5.41, 5.74) is -0.692. The summed E-state index contributed by atoms with van der Waals surface area (Å²) in [6, 6.07) is 5.36. The molecular formula is C17H20ClNO3. The van der Waals surface area contributed by atoms with Crippen molar-refractivity contribution in [3.8, 4) is 0 Å². The number of amides is 1. The third kappa shape index (κ3) is 1.70. The first-order valence-corrected chi connectivity index (χ1v) is 7.83. The maximum atomic E-state index is 12.9. The molecule has 22 heavy (non-hydrogen) atoms. The molecule has 1 aliphatic carbocycles. The van der Waals surface area contributed by atoms with Gasteiger partial charge < -0.3 is 10.1 Å². The van der Waals surface area contributed by atoms with Crippen LogP contribution < -0.4 is 5.32 Å². The molecule has 0 aromatic heterocycles. The van der Waals surface area contributed by atoms with E-state index in [-0.39, 0.29) is 11.9 Å². The molecule has 0 spiro atoms. The van der Waals surface area contributed by atoms with Gasteiger partial charge in [-0.2, -0.15) is 0 Å². The number of nitrogens with one attached hydrogen (secondary N) is 1. The summed E-state index contributed by atoms with van der Waals surface area (Å²) in [5.74, 6) is -0.548.